The van der Waals surface area contributed by atoms with Gasteiger partial charge in [0.1, 0.15) is 6.21 Å². The summed E-state index contributed by atoms with van der Waals surface area (Å²) in [5.41, 5.74) is 0. The Kier molecular flexibility index (Phi) is 1.00. The summed E-state index contributed by atoms with van der Waals surface area (Å²) >= 11 is 5.90. The quantitative estimate of drug-likeness (QED) is 0.466. The molecule has 0 aromatic carbocycles. The normalized spacial score (nSPS) is 34.3. The van der Waals surface area contributed by atoms with Gasteiger partial charge in [-0.1, -0.05) is 0 Å². The largest absolute Gasteiger partial charge is 0.298 e. The molecule has 4 nitrogen and oxygen atoms in total. The number of rotatable bonds is 0. The van der Waals surface area contributed by atoms with Crippen molar-refractivity contribution in [2.75, 3.05) is 0 Å². The van der Waals surface area contributed by atoms with Gasteiger partial charge in [0.05, 0.1) is 6.20 Å². The number of aliphatic imine (C=N–C) groups is 2. The van der Waals surface area contributed by atoms with Gasteiger partial charge < -0.3 is 0 Å². The summed E-state index contributed by atoms with van der Waals surface area (Å²) in [7, 11) is 0. The Balaban J connectivity index is 2.51. The smallest absolute Gasteiger partial charge is 0.251 e. The Hall–Kier alpha value is -1.00. The lowest BCUT2D eigenvalue weighted by Gasteiger charge is -2.12. The van der Waals surface area contributed by atoms with E-state index in [1.165, 1.54) is 6.34 Å². The summed E-state index contributed by atoms with van der Waals surface area (Å²) < 4.78 is -0.122. The predicted octanol–water partition coefficient (Wildman–Crippen LogP) is 0.868. The maximum atomic E-state index is 5.90. The molecule has 50 valence electrons. The lowest BCUT2D eigenvalue weighted by Crippen LogP contribution is -2.33. The van der Waals surface area contributed by atoms with Gasteiger partial charge in [0, 0.05) is 0 Å². The Labute approximate surface area is 62.5 Å². The maximum absolute atomic E-state index is 5.90. The van der Waals surface area contributed by atoms with E-state index in [0.717, 1.165) is 0 Å². The van der Waals surface area contributed by atoms with E-state index in [0.29, 0.717) is 5.84 Å². The molecule has 2 rings (SSSR count). The number of hydrogen-bond acceptors (Lipinski definition) is 3. The maximum Gasteiger partial charge on any atom is 0.298 e. The molecule has 0 bridgehead atoms. The molecule has 0 radical (unpaired) electrons. The van der Waals surface area contributed by atoms with Gasteiger partial charge in [-0.2, -0.15) is 4.99 Å². The summed E-state index contributed by atoms with van der Waals surface area (Å²) in [6, 6.07) is 0. The van der Waals surface area contributed by atoms with Crippen LogP contribution in [0, 0.1) is 0 Å². The third kappa shape index (κ3) is 0.630. The van der Waals surface area contributed by atoms with Crippen molar-refractivity contribution in [3.63, 3.8) is 0 Å². The summed E-state index contributed by atoms with van der Waals surface area (Å²) in [5, 5.41) is 3.89. The topological polar surface area (TPSA) is 37.1 Å². The highest BCUT2D eigenvalue weighted by atomic mass is 35.5. The highest BCUT2D eigenvalue weighted by Crippen LogP contribution is 2.21. The van der Waals surface area contributed by atoms with E-state index in [1.807, 2.05) is 0 Å². The molecule has 0 aromatic rings. The molecule has 0 fully saturated rings. The van der Waals surface area contributed by atoms with Crippen LogP contribution in [0.3, 0.4) is 0 Å². The second-order valence-electron chi connectivity index (χ2n) is 1.90. The first-order valence-corrected chi connectivity index (χ1v) is 3.07. The van der Waals surface area contributed by atoms with Crippen LogP contribution in [0.15, 0.2) is 27.5 Å². The van der Waals surface area contributed by atoms with Gasteiger partial charge in [-0.3, -0.25) is 4.99 Å². The van der Waals surface area contributed by atoms with Crippen molar-refractivity contribution in [2.45, 2.75) is 0 Å². The Morgan fingerprint density at radius 3 is 3.20 bits per heavy atom. The van der Waals surface area contributed by atoms with Gasteiger partial charge in [-0.25, -0.2) is 0 Å². The minimum atomic E-state index is -0.122. The van der Waals surface area contributed by atoms with Crippen molar-refractivity contribution in [1.29, 1.82) is 0 Å². The zero-order valence-corrected chi connectivity index (χ0v) is 5.73. The van der Waals surface area contributed by atoms with Crippen molar-refractivity contribution in [2.24, 2.45) is 15.1 Å². The first-order chi connectivity index (χ1) is 4.81. The minimum absolute atomic E-state index is 0.122. The van der Waals surface area contributed by atoms with Gasteiger partial charge in [0.2, 0.25) is 11.8 Å². The second kappa shape index (κ2) is 1.74. The van der Waals surface area contributed by atoms with Gasteiger partial charge in [-0.05, 0) is 9.21 Å². The Morgan fingerprint density at radius 1 is 1.50 bits per heavy atom. The average molecular weight is 156 g/mol. The second-order valence-corrected chi connectivity index (χ2v) is 2.41. The van der Waals surface area contributed by atoms with E-state index in [2.05, 4.69) is 15.1 Å². The van der Waals surface area contributed by atoms with Gasteiger partial charge in [0.25, 0.3) is 5.84 Å². The lowest BCUT2D eigenvalue weighted by molar-refractivity contribution is -0.659. The summed E-state index contributed by atoms with van der Waals surface area (Å²) in [6.45, 7) is 0. The molecule has 0 spiro atoms. The van der Waals surface area contributed by atoms with Crippen LogP contribution in [-0.2, 0) is 0 Å². The molecule has 2 aliphatic rings. The third-order valence-corrected chi connectivity index (χ3v) is 1.64. The molecular weight excluding hydrogens is 152 g/mol. The molecule has 0 aliphatic carbocycles. The van der Waals surface area contributed by atoms with E-state index in [9.17, 15) is 0 Å². The third-order valence-electron chi connectivity index (χ3n) is 1.27. The van der Waals surface area contributed by atoms with Crippen LogP contribution in [0.25, 0.3) is 0 Å². The molecule has 5 heteroatoms. The van der Waals surface area contributed by atoms with Crippen molar-refractivity contribution in [1.82, 2.24) is 0 Å². The Bertz CT molecular complexity index is 277. The highest BCUT2D eigenvalue weighted by molar-refractivity contribution is 6.34. The molecule has 0 amide bonds. The fourth-order valence-corrected chi connectivity index (χ4v) is 0.943. The average Bonchev–Trinajstić information content (AvgIpc) is 2.29. The molecule has 1 atom stereocenters. The Morgan fingerprint density at radius 2 is 2.40 bits per heavy atom. The zero-order chi connectivity index (χ0) is 7.03. The number of amidine groups is 1. The summed E-state index contributed by atoms with van der Waals surface area (Å²) in [6.07, 6.45) is 6.24. The van der Waals surface area contributed by atoms with Gasteiger partial charge in [0.15, 0.2) is 12.5 Å². The number of hydrogen-bond donors (Lipinski definition) is 0. The van der Waals surface area contributed by atoms with Crippen LogP contribution in [0.1, 0.15) is 0 Å². The first-order valence-electron chi connectivity index (χ1n) is 2.73. The van der Waals surface area contributed by atoms with Crippen molar-refractivity contribution < 1.29 is 4.11 Å². The minimum Gasteiger partial charge on any atom is -0.251 e. The van der Waals surface area contributed by atoms with Gasteiger partial charge in [-0.15, -0.1) is 0 Å². The fourth-order valence-electron chi connectivity index (χ4n) is 0.766. The first kappa shape index (κ1) is 5.76. The summed E-state index contributed by atoms with van der Waals surface area (Å²) in [5.74, 6) is 0.629. The zero-order valence-electron chi connectivity index (χ0n) is 4.98. The number of quaternary nitrogens is 1. The molecule has 2 heterocycles. The van der Waals surface area contributed by atoms with Crippen molar-refractivity contribution in [3.05, 3.63) is 12.4 Å². The molecule has 2 aliphatic heterocycles. The van der Waals surface area contributed by atoms with Crippen molar-refractivity contribution >= 4 is 30.2 Å². The molecular formula is C5H4ClN4+. The van der Waals surface area contributed by atoms with Crippen molar-refractivity contribution in [3.8, 4) is 0 Å². The van der Waals surface area contributed by atoms with E-state index < -0.39 is 0 Å². The van der Waals surface area contributed by atoms with Crippen LogP contribution in [0.4, 0.5) is 0 Å². The van der Waals surface area contributed by atoms with Gasteiger partial charge >= 0.3 is 0 Å². The number of halogens is 1. The van der Waals surface area contributed by atoms with Crippen LogP contribution in [0.2, 0.25) is 0 Å². The van der Waals surface area contributed by atoms with Crippen LogP contribution < -0.4 is 0 Å². The van der Waals surface area contributed by atoms with Crippen LogP contribution in [0.5, 0.6) is 0 Å². The molecule has 0 saturated carbocycles. The lowest BCUT2D eigenvalue weighted by atomic mass is 10.5. The fraction of sp³-hybridized carbons (Fsp3) is 0. The van der Waals surface area contributed by atoms with E-state index in [-0.39, 0.29) is 4.11 Å². The van der Waals surface area contributed by atoms with Crippen LogP contribution >= 0.6 is 11.8 Å². The molecule has 0 aromatic heterocycles. The predicted molar refractivity (Wildman–Crippen MR) is 39.7 cm³/mol. The molecule has 0 saturated heterocycles. The molecule has 10 heavy (non-hydrogen) atoms. The van der Waals surface area contributed by atoms with E-state index in [1.54, 1.807) is 18.6 Å². The summed E-state index contributed by atoms with van der Waals surface area (Å²) in [4.78, 5) is 7.74. The number of fused-ring (bicyclic) bond motifs is 1. The molecule has 1 unspecified atom stereocenters. The molecule has 0 N–H and O–H groups in total. The number of nitrogens with zero attached hydrogens (tertiary/aromatic N) is 4. The van der Waals surface area contributed by atoms with E-state index >= 15 is 0 Å². The standard InChI is InChI=1S/C5H4ClN4/c6-10-2-1-7-3-5(10)8-4-9-10/h1-4H/q+1. The SMILES string of the molecule is Cl[N+]12C=CN=CC1=NC=N2. The van der Waals surface area contributed by atoms with E-state index in [4.69, 9.17) is 11.8 Å². The monoisotopic (exact) mass is 155 g/mol. The van der Waals surface area contributed by atoms with Crippen LogP contribution in [-0.4, -0.2) is 22.5 Å². The highest BCUT2D eigenvalue weighted by Gasteiger charge is 2.35.